The zero-order valence-corrected chi connectivity index (χ0v) is 17.1. The minimum atomic E-state index is -0.477. The van der Waals surface area contributed by atoms with E-state index in [2.05, 4.69) is 10.4 Å². The highest BCUT2D eigenvalue weighted by atomic mass is 16.5. The smallest absolute Gasteiger partial charge is 0.256 e. The molecule has 8 heteroatoms. The Labute approximate surface area is 174 Å². The van der Waals surface area contributed by atoms with Crippen LogP contribution in [0.5, 0.6) is 11.5 Å². The number of aliphatic hydroxyl groups excluding tert-OH is 1. The summed E-state index contributed by atoms with van der Waals surface area (Å²) >= 11 is 0. The van der Waals surface area contributed by atoms with Gasteiger partial charge in [-0.2, -0.15) is 5.10 Å². The summed E-state index contributed by atoms with van der Waals surface area (Å²) in [7, 11) is 1.61. The molecule has 0 radical (unpaired) electrons. The second-order valence-corrected chi connectivity index (χ2v) is 7.52. The molecule has 3 heterocycles. The van der Waals surface area contributed by atoms with Crippen LogP contribution >= 0.6 is 0 Å². The van der Waals surface area contributed by atoms with Gasteiger partial charge in [-0.25, -0.2) is 4.52 Å². The lowest BCUT2D eigenvalue weighted by molar-refractivity contribution is -0.119. The number of benzene rings is 1. The Hall–Kier alpha value is -3.39. The van der Waals surface area contributed by atoms with Crippen molar-refractivity contribution in [1.29, 1.82) is 0 Å². The molecule has 3 aromatic rings. The van der Waals surface area contributed by atoms with Crippen molar-refractivity contribution < 1.29 is 19.4 Å². The number of rotatable bonds is 5. The predicted octanol–water partition coefficient (Wildman–Crippen LogP) is 1.93. The number of nitrogens with one attached hydrogen (secondary N) is 1. The first-order valence-electron chi connectivity index (χ1n) is 9.82. The van der Waals surface area contributed by atoms with Crippen molar-refractivity contribution in [2.75, 3.05) is 13.6 Å². The molecule has 1 aliphatic heterocycles. The Kier molecular flexibility index (Phi) is 5.17. The number of nitrogens with zero attached hydrogens (tertiary/aromatic N) is 3. The number of likely N-dealkylation sites (tertiary alicyclic amines) is 1. The lowest BCUT2D eigenvalue weighted by atomic mass is 9.99. The van der Waals surface area contributed by atoms with Gasteiger partial charge in [-0.15, -0.1) is 0 Å². The highest BCUT2D eigenvalue weighted by Crippen LogP contribution is 2.32. The van der Waals surface area contributed by atoms with Crippen LogP contribution in [0.25, 0.3) is 5.52 Å². The number of ether oxygens (including phenoxy) is 1. The van der Waals surface area contributed by atoms with E-state index in [1.807, 2.05) is 38.1 Å². The lowest BCUT2D eigenvalue weighted by Gasteiger charge is -2.43. The molecule has 2 atom stereocenters. The second kappa shape index (κ2) is 7.79. The van der Waals surface area contributed by atoms with E-state index in [4.69, 9.17) is 4.74 Å². The first-order valence-corrected chi connectivity index (χ1v) is 9.82. The fourth-order valence-electron chi connectivity index (χ4n) is 3.61. The number of aliphatic hydroxyl groups is 1. The summed E-state index contributed by atoms with van der Waals surface area (Å²) in [5.74, 6) is 1.03. The maximum Gasteiger partial charge on any atom is 0.256 e. The van der Waals surface area contributed by atoms with Crippen LogP contribution in [0.2, 0.25) is 0 Å². The van der Waals surface area contributed by atoms with E-state index in [9.17, 15) is 14.7 Å². The summed E-state index contributed by atoms with van der Waals surface area (Å²) in [4.78, 5) is 26.1. The van der Waals surface area contributed by atoms with Crippen molar-refractivity contribution >= 4 is 17.3 Å². The molecule has 30 heavy (non-hydrogen) atoms. The van der Waals surface area contributed by atoms with Gasteiger partial charge in [-0.3, -0.25) is 9.59 Å². The van der Waals surface area contributed by atoms with Gasteiger partial charge < -0.3 is 20.1 Å². The van der Waals surface area contributed by atoms with Crippen LogP contribution in [0, 0.1) is 6.92 Å². The fourth-order valence-corrected chi connectivity index (χ4v) is 3.61. The number of fused-ring (bicyclic) bond motifs is 1. The van der Waals surface area contributed by atoms with Gasteiger partial charge in [-0.05, 0) is 37.1 Å². The molecule has 156 valence electrons. The molecule has 0 saturated carbocycles. The van der Waals surface area contributed by atoms with Gasteiger partial charge in [0.1, 0.15) is 11.3 Å². The Morgan fingerprint density at radius 2 is 2.00 bits per heavy atom. The van der Waals surface area contributed by atoms with Gasteiger partial charge in [0, 0.05) is 25.9 Å². The molecule has 1 fully saturated rings. The average Bonchev–Trinajstić information content (AvgIpc) is 3.10. The Balaban J connectivity index is 1.60. The molecule has 2 aromatic heterocycles. The fraction of sp³-hybridized carbons (Fsp3) is 0.318. The number of β-amino-alcohol motifs (C(OH)–C–C–N with tert-alkyl or cyclic N) is 1. The van der Waals surface area contributed by atoms with E-state index in [0.717, 1.165) is 11.1 Å². The number of hydrogen-bond donors (Lipinski definition) is 2. The quantitative estimate of drug-likeness (QED) is 0.673. The van der Waals surface area contributed by atoms with Crippen LogP contribution in [0.3, 0.4) is 0 Å². The topological polar surface area (TPSA) is 96.2 Å². The molecule has 1 aliphatic rings. The van der Waals surface area contributed by atoms with Gasteiger partial charge in [0.15, 0.2) is 5.75 Å². The molecule has 0 unspecified atom stereocenters. The van der Waals surface area contributed by atoms with Crippen LogP contribution in [-0.4, -0.2) is 57.2 Å². The maximum atomic E-state index is 12.9. The monoisotopic (exact) mass is 408 g/mol. The largest absolute Gasteiger partial charge is 0.455 e. The first-order chi connectivity index (χ1) is 14.4. The standard InChI is InChI=1S/C22H24N4O4/c1-13-17(22(29)25-12-18(27)14(25)2)11-26-21(13)19(8-9-24-26)30-16-6-4-15(5-7-16)10-20(28)23-3/h4-9,11,14,18,27H,10,12H2,1-3H3,(H,23,28)/t14-,18-/m1/s1. The van der Waals surface area contributed by atoms with Crippen LogP contribution in [0.1, 0.15) is 28.4 Å². The zero-order chi connectivity index (χ0) is 21.4. The number of amides is 2. The van der Waals surface area contributed by atoms with E-state index < -0.39 is 6.10 Å². The zero-order valence-electron chi connectivity index (χ0n) is 17.1. The van der Waals surface area contributed by atoms with E-state index in [0.29, 0.717) is 35.5 Å². The third-order valence-electron chi connectivity index (χ3n) is 5.61. The van der Waals surface area contributed by atoms with Crippen LogP contribution in [0.4, 0.5) is 0 Å². The lowest BCUT2D eigenvalue weighted by Crippen LogP contribution is -2.60. The summed E-state index contributed by atoms with van der Waals surface area (Å²) < 4.78 is 7.70. The molecule has 2 amide bonds. The number of likely N-dealkylation sites (N-methyl/N-ethyl adjacent to an activating group) is 1. The highest BCUT2D eigenvalue weighted by molar-refractivity contribution is 5.99. The summed E-state index contributed by atoms with van der Waals surface area (Å²) in [6, 6.07) is 8.87. The molecule has 0 aliphatic carbocycles. The maximum absolute atomic E-state index is 12.9. The first kappa shape index (κ1) is 19.9. The van der Waals surface area contributed by atoms with Gasteiger partial charge in [0.2, 0.25) is 5.91 Å². The Morgan fingerprint density at radius 3 is 2.63 bits per heavy atom. The summed E-state index contributed by atoms with van der Waals surface area (Å²) in [5, 5.41) is 16.6. The van der Waals surface area contributed by atoms with E-state index >= 15 is 0 Å². The number of aromatic nitrogens is 2. The SMILES string of the molecule is CNC(=O)Cc1ccc(Oc2ccnn3cc(C(=O)N4C[C@@H](O)[C@H]4C)c(C)c23)cc1. The minimum Gasteiger partial charge on any atom is -0.455 e. The highest BCUT2D eigenvalue weighted by Gasteiger charge is 2.38. The van der Waals surface area contributed by atoms with Crippen molar-refractivity contribution in [3.63, 3.8) is 0 Å². The van der Waals surface area contributed by atoms with Gasteiger partial charge >= 0.3 is 0 Å². The number of aryl methyl sites for hydroxylation is 1. The van der Waals surface area contributed by atoms with Crippen molar-refractivity contribution in [1.82, 2.24) is 19.8 Å². The molecular weight excluding hydrogens is 384 g/mol. The third kappa shape index (κ3) is 3.50. The second-order valence-electron chi connectivity index (χ2n) is 7.52. The summed E-state index contributed by atoms with van der Waals surface area (Å²) in [5.41, 5.74) is 2.91. The van der Waals surface area contributed by atoms with Crippen molar-refractivity contribution in [2.45, 2.75) is 32.4 Å². The summed E-state index contributed by atoms with van der Waals surface area (Å²) in [6.07, 6.45) is 3.15. The number of carbonyl (C=O) groups is 2. The normalized spacial score (nSPS) is 18.2. The van der Waals surface area contributed by atoms with Crippen molar-refractivity contribution in [2.24, 2.45) is 0 Å². The number of carbonyl (C=O) groups excluding carboxylic acids is 2. The molecule has 4 rings (SSSR count). The van der Waals surface area contributed by atoms with Gasteiger partial charge in [0.25, 0.3) is 5.91 Å². The molecule has 1 aromatic carbocycles. The van der Waals surface area contributed by atoms with Crippen molar-refractivity contribution in [3.8, 4) is 11.5 Å². The molecule has 0 spiro atoms. The van der Waals surface area contributed by atoms with E-state index in [1.165, 1.54) is 0 Å². The van der Waals surface area contributed by atoms with E-state index in [1.54, 1.807) is 34.9 Å². The average molecular weight is 408 g/mol. The summed E-state index contributed by atoms with van der Waals surface area (Å²) in [6.45, 7) is 4.03. The minimum absolute atomic E-state index is 0.0513. The Bertz CT molecular complexity index is 1110. The van der Waals surface area contributed by atoms with Crippen LogP contribution in [-0.2, 0) is 11.2 Å². The van der Waals surface area contributed by atoms with Crippen LogP contribution in [0.15, 0.2) is 42.7 Å². The number of hydrogen-bond acceptors (Lipinski definition) is 5. The predicted molar refractivity (Wildman–Crippen MR) is 111 cm³/mol. The molecule has 2 N–H and O–H groups in total. The van der Waals surface area contributed by atoms with Gasteiger partial charge in [0.05, 0.1) is 30.3 Å². The van der Waals surface area contributed by atoms with Gasteiger partial charge in [-0.1, -0.05) is 12.1 Å². The van der Waals surface area contributed by atoms with E-state index in [-0.39, 0.29) is 17.9 Å². The third-order valence-corrected chi connectivity index (χ3v) is 5.61. The molecule has 1 saturated heterocycles. The van der Waals surface area contributed by atoms with Crippen molar-refractivity contribution in [3.05, 3.63) is 59.4 Å². The molecule has 0 bridgehead atoms. The van der Waals surface area contributed by atoms with Crippen LogP contribution < -0.4 is 10.1 Å². The molecular formula is C22H24N4O4. The molecule has 8 nitrogen and oxygen atoms in total. The Morgan fingerprint density at radius 1 is 1.27 bits per heavy atom.